The Morgan fingerprint density at radius 3 is 2.41 bits per heavy atom. The molecule has 1 aromatic rings. The monoisotopic (exact) mass is 417 g/mol. The Bertz CT molecular complexity index is 444. The van der Waals surface area contributed by atoms with Gasteiger partial charge in [0.1, 0.15) is 0 Å². The third-order valence-corrected chi connectivity index (χ3v) is 3.51. The van der Waals surface area contributed by atoms with Crippen LogP contribution in [0.5, 0.6) is 0 Å². The number of halogens is 1. The number of nitrogens with one attached hydrogen (secondary N) is 2. The maximum Gasteiger partial charge on any atom is 0.191 e. The van der Waals surface area contributed by atoms with E-state index in [1.165, 1.54) is 24.0 Å². The van der Waals surface area contributed by atoms with Crippen molar-refractivity contribution in [1.29, 1.82) is 0 Å². The summed E-state index contributed by atoms with van der Waals surface area (Å²) in [6.45, 7) is 8.19. The number of rotatable bonds is 8. The molecule has 1 aliphatic rings. The number of hydrogen-bond donors (Lipinski definition) is 2. The molecule has 1 fully saturated rings. The van der Waals surface area contributed by atoms with Crippen molar-refractivity contribution in [2.45, 2.75) is 39.8 Å². The Morgan fingerprint density at radius 2 is 1.82 bits per heavy atom. The van der Waals surface area contributed by atoms with Crippen LogP contribution >= 0.6 is 24.0 Å². The first-order valence-corrected chi connectivity index (χ1v) is 7.99. The van der Waals surface area contributed by atoms with Crippen LogP contribution in [0.4, 0.5) is 0 Å². The van der Waals surface area contributed by atoms with E-state index in [0.29, 0.717) is 13.2 Å². The lowest BCUT2D eigenvalue weighted by Gasteiger charge is -2.10. The predicted molar refractivity (Wildman–Crippen MR) is 103 cm³/mol. The minimum Gasteiger partial charge on any atom is -0.377 e. The highest BCUT2D eigenvalue weighted by Gasteiger charge is 2.20. The predicted octanol–water partition coefficient (Wildman–Crippen LogP) is 3.31. The fourth-order valence-corrected chi connectivity index (χ4v) is 2.04. The van der Waals surface area contributed by atoms with Gasteiger partial charge >= 0.3 is 0 Å². The summed E-state index contributed by atoms with van der Waals surface area (Å²) >= 11 is 0. The van der Waals surface area contributed by atoms with Gasteiger partial charge in [0.25, 0.3) is 0 Å². The van der Waals surface area contributed by atoms with Crippen molar-refractivity contribution in [2.24, 2.45) is 10.9 Å². The van der Waals surface area contributed by atoms with Crippen LogP contribution in [0.2, 0.25) is 0 Å². The second kappa shape index (κ2) is 10.8. The average Bonchev–Trinajstić information content (AvgIpc) is 3.33. The van der Waals surface area contributed by atoms with Crippen LogP contribution in [0, 0.1) is 5.92 Å². The van der Waals surface area contributed by atoms with Crippen LogP contribution in [-0.2, 0) is 17.9 Å². The molecule has 1 aromatic carbocycles. The minimum atomic E-state index is 0. The zero-order valence-electron chi connectivity index (χ0n) is 13.6. The number of ether oxygens (including phenoxy) is 1. The Hall–Kier alpha value is -0.820. The molecule has 0 heterocycles. The molecule has 1 saturated carbocycles. The SMILES string of the molecule is CCNC(=NCc1ccc(COCC)cc1)NCC1CC1.I. The van der Waals surface area contributed by atoms with Gasteiger partial charge in [-0.1, -0.05) is 24.3 Å². The van der Waals surface area contributed by atoms with E-state index in [0.717, 1.165) is 31.6 Å². The second-order valence-corrected chi connectivity index (χ2v) is 5.47. The number of benzene rings is 1. The first-order valence-electron chi connectivity index (χ1n) is 7.99. The maximum atomic E-state index is 5.40. The lowest BCUT2D eigenvalue weighted by molar-refractivity contribution is 0.134. The van der Waals surface area contributed by atoms with E-state index in [4.69, 9.17) is 4.74 Å². The van der Waals surface area contributed by atoms with Crippen LogP contribution in [0.3, 0.4) is 0 Å². The van der Waals surface area contributed by atoms with Gasteiger partial charge in [0.05, 0.1) is 13.2 Å². The molecule has 22 heavy (non-hydrogen) atoms. The number of aliphatic imine (C=N–C) groups is 1. The summed E-state index contributed by atoms with van der Waals surface area (Å²) in [6.07, 6.45) is 2.71. The fraction of sp³-hybridized carbons (Fsp3) is 0.588. The highest BCUT2D eigenvalue weighted by molar-refractivity contribution is 14.0. The lowest BCUT2D eigenvalue weighted by Crippen LogP contribution is -2.38. The smallest absolute Gasteiger partial charge is 0.191 e. The molecule has 0 radical (unpaired) electrons. The Balaban J connectivity index is 0.00000242. The average molecular weight is 417 g/mol. The van der Waals surface area contributed by atoms with Crippen molar-refractivity contribution >= 4 is 29.9 Å². The van der Waals surface area contributed by atoms with Gasteiger partial charge in [-0.05, 0) is 43.7 Å². The second-order valence-electron chi connectivity index (χ2n) is 5.47. The molecule has 0 atom stereocenters. The third-order valence-electron chi connectivity index (χ3n) is 3.51. The molecule has 0 amide bonds. The number of nitrogens with zero attached hydrogens (tertiary/aromatic N) is 1. The standard InChI is InChI=1S/C17H27N3O.HI/c1-3-18-17(19-11-14-5-6-14)20-12-15-7-9-16(10-8-15)13-21-4-2;/h7-10,14H,3-6,11-13H2,1-2H3,(H2,18,19,20);1H. The molecule has 124 valence electrons. The largest absolute Gasteiger partial charge is 0.377 e. The molecule has 0 aromatic heterocycles. The Labute approximate surface area is 151 Å². The molecule has 2 N–H and O–H groups in total. The third kappa shape index (κ3) is 7.45. The molecule has 4 nitrogen and oxygen atoms in total. The van der Waals surface area contributed by atoms with Crippen LogP contribution in [0.1, 0.15) is 37.8 Å². The zero-order valence-corrected chi connectivity index (χ0v) is 15.9. The zero-order chi connectivity index (χ0) is 14.9. The van der Waals surface area contributed by atoms with Gasteiger partial charge in [0.2, 0.25) is 0 Å². The van der Waals surface area contributed by atoms with Gasteiger partial charge in [-0.2, -0.15) is 0 Å². The van der Waals surface area contributed by atoms with Crippen LogP contribution < -0.4 is 10.6 Å². The van der Waals surface area contributed by atoms with Crippen LogP contribution in [0.15, 0.2) is 29.3 Å². The van der Waals surface area contributed by atoms with Crippen molar-refractivity contribution in [2.75, 3.05) is 19.7 Å². The Kier molecular flexibility index (Phi) is 9.47. The highest BCUT2D eigenvalue weighted by Crippen LogP contribution is 2.27. The van der Waals surface area contributed by atoms with E-state index < -0.39 is 0 Å². The summed E-state index contributed by atoms with van der Waals surface area (Å²) < 4.78 is 5.40. The minimum absolute atomic E-state index is 0. The molecule has 0 aliphatic heterocycles. The molecule has 0 unspecified atom stereocenters. The lowest BCUT2D eigenvalue weighted by atomic mass is 10.1. The summed E-state index contributed by atoms with van der Waals surface area (Å²) in [5.74, 6) is 1.77. The Morgan fingerprint density at radius 1 is 1.14 bits per heavy atom. The van der Waals surface area contributed by atoms with E-state index in [2.05, 4.69) is 46.8 Å². The summed E-state index contributed by atoms with van der Waals surface area (Å²) in [5.41, 5.74) is 2.43. The summed E-state index contributed by atoms with van der Waals surface area (Å²) in [7, 11) is 0. The molecule has 5 heteroatoms. The summed E-state index contributed by atoms with van der Waals surface area (Å²) in [4.78, 5) is 4.64. The molecule has 0 spiro atoms. The first-order chi connectivity index (χ1) is 10.3. The molecular formula is C17H28IN3O. The molecule has 0 bridgehead atoms. The van der Waals surface area contributed by atoms with Gasteiger partial charge in [-0.15, -0.1) is 24.0 Å². The number of guanidine groups is 1. The van der Waals surface area contributed by atoms with E-state index in [1.54, 1.807) is 0 Å². The van der Waals surface area contributed by atoms with Crippen molar-refractivity contribution in [3.63, 3.8) is 0 Å². The molecular weight excluding hydrogens is 389 g/mol. The van der Waals surface area contributed by atoms with Crippen molar-refractivity contribution in [3.8, 4) is 0 Å². The van der Waals surface area contributed by atoms with E-state index in [9.17, 15) is 0 Å². The van der Waals surface area contributed by atoms with Crippen LogP contribution in [0.25, 0.3) is 0 Å². The van der Waals surface area contributed by atoms with Crippen molar-refractivity contribution in [3.05, 3.63) is 35.4 Å². The van der Waals surface area contributed by atoms with Crippen LogP contribution in [-0.4, -0.2) is 25.7 Å². The van der Waals surface area contributed by atoms with Crippen molar-refractivity contribution in [1.82, 2.24) is 10.6 Å². The van der Waals surface area contributed by atoms with Gasteiger partial charge in [-0.25, -0.2) is 4.99 Å². The first kappa shape index (κ1) is 19.2. The van der Waals surface area contributed by atoms with Crippen molar-refractivity contribution < 1.29 is 4.74 Å². The molecule has 1 aliphatic carbocycles. The van der Waals surface area contributed by atoms with Gasteiger partial charge in [-0.3, -0.25) is 0 Å². The maximum absolute atomic E-state index is 5.40. The van der Waals surface area contributed by atoms with Gasteiger partial charge < -0.3 is 15.4 Å². The van der Waals surface area contributed by atoms with E-state index in [-0.39, 0.29) is 24.0 Å². The van der Waals surface area contributed by atoms with E-state index in [1.807, 2.05) is 6.92 Å². The molecule has 0 saturated heterocycles. The number of hydrogen-bond acceptors (Lipinski definition) is 2. The normalized spacial score (nSPS) is 14.4. The van der Waals surface area contributed by atoms with Gasteiger partial charge in [0, 0.05) is 19.7 Å². The quantitative estimate of drug-likeness (QED) is 0.388. The fourth-order valence-electron chi connectivity index (χ4n) is 2.04. The topological polar surface area (TPSA) is 45.7 Å². The van der Waals surface area contributed by atoms with Gasteiger partial charge in [0.15, 0.2) is 5.96 Å². The molecule has 2 rings (SSSR count). The highest BCUT2D eigenvalue weighted by atomic mass is 127. The summed E-state index contributed by atoms with van der Waals surface area (Å²) in [5, 5.41) is 6.71. The summed E-state index contributed by atoms with van der Waals surface area (Å²) in [6, 6.07) is 8.49. The van der Waals surface area contributed by atoms with E-state index >= 15 is 0 Å².